The number of hydrogen-bond donors (Lipinski definition) is 2. The summed E-state index contributed by atoms with van der Waals surface area (Å²) in [6, 6.07) is 0. The van der Waals surface area contributed by atoms with Gasteiger partial charge in [0.15, 0.2) is 4.93 Å². The molecule has 0 saturated heterocycles. The van der Waals surface area contributed by atoms with Crippen molar-refractivity contribution in [2.24, 2.45) is 5.92 Å². The fraction of sp³-hybridized carbons (Fsp3) is 1.00. The Bertz CT molecular complexity index is 249. The first kappa shape index (κ1) is 9.95. The van der Waals surface area contributed by atoms with Crippen LogP contribution in [0.2, 0.25) is 0 Å². The predicted molar refractivity (Wildman–Crippen MR) is 44.1 cm³/mol. The van der Waals surface area contributed by atoms with Crippen molar-refractivity contribution in [2.75, 3.05) is 0 Å². The number of rotatable bonds is 2. The first-order chi connectivity index (χ1) is 5.36. The van der Waals surface area contributed by atoms with Crippen LogP contribution in [0.15, 0.2) is 0 Å². The van der Waals surface area contributed by atoms with E-state index in [1.807, 2.05) is 0 Å². The normalized spacial score (nSPS) is 25.6. The largest absolute Gasteiger partial charge is 0.372 e. The highest BCUT2D eigenvalue weighted by molar-refractivity contribution is 7.87. The average molecular weight is 194 g/mol. The van der Waals surface area contributed by atoms with Gasteiger partial charge in [-0.1, -0.05) is 12.8 Å². The van der Waals surface area contributed by atoms with E-state index >= 15 is 0 Å². The van der Waals surface area contributed by atoms with Crippen molar-refractivity contribution >= 4 is 10.1 Å². The summed E-state index contributed by atoms with van der Waals surface area (Å²) in [6.07, 6.45) is 3.20. The molecule has 4 nitrogen and oxygen atoms in total. The quantitative estimate of drug-likeness (QED) is 0.637. The summed E-state index contributed by atoms with van der Waals surface area (Å²) in [5.74, 6) is -0.313. The van der Waals surface area contributed by atoms with Gasteiger partial charge in [0.25, 0.3) is 10.1 Å². The number of hydrogen-bond acceptors (Lipinski definition) is 3. The SMILES string of the molecule is CC(O)(C1CCCC1)S(=O)(=O)O. The van der Waals surface area contributed by atoms with Gasteiger partial charge in [-0.3, -0.25) is 4.55 Å². The monoisotopic (exact) mass is 194 g/mol. The molecule has 0 radical (unpaired) electrons. The zero-order valence-corrected chi connectivity index (χ0v) is 7.84. The standard InChI is InChI=1S/C7H14O4S/c1-7(8,12(9,10)11)6-4-2-3-5-6/h6,8H,2-5H2,1H3,(H,9,10,11). The minimum absolute atomic E-state index is 0.313. The van der Waals surface area contributed by atoms with Crippen molar-refractivity contribution in [1.82, 2.24) is 0 Å². The Hall–Kier alpha value is -0.130. The molecular weight excluding hydrogens is 180 g/mol. The maximum Gasteiger partial charge on any atom is 0.294 e. The Morgan fingerprint density at radius 2 is 1.75 bits per heavy atom. The van der Waals surface area contributed by atoms with Crippen LogP contribution in [0.4, 0.5) is 0 Å². The second-order valence-electron chi connectivity index (χ2n) is 3.51. The van der Waals surface area contributed by atoms with Crippen molar-refractivity contribution in [3.63, 3.8) is 0 Å². The maximum absolute atomic E-state index is 10.7. The van der Waals surface area contributed by atoms with Crippen LogP contribution in [0.5, 0.6) is 0 Å². The molecule has 0 amide bonds. The summed E-state index contributed by atoms with van der Waals surface area (Å²) in [7, 11) is -4.33. The van der Waals surface area contributed by atoms with E-state index in [0.717, 1.165) is 12.8 Å². The molecular formula is C7H14O4S. The molecule has 1 aliphatic rings. The van der Waals surface area contributed by atoms with Gasteiger partial charge in [0.2, 0.25) is 0 Å². The van der Waals surface area contributed by atoms with Crippen LogP contribution in [0.1, 0.15) is 32.6 Å². The minimum atomic E-state index is -4.33. The molecule has 72 valence electrons. The van der Waals surface area contributed by atoms with E-state index in [4.69, 9.17) is 4.55 Å². The highest BCUT2D eigenvalue weighted by Gasteiger charge is 2.44. The fourth-order valence-corrected chi connectivity index (χ4v) is 2.33. The summed E-state index contributed by atoms with van der Waals surface area (Å²) < 4.78 is 30.2. The highest BCUT2D eigenvalue weighted by atomic mass is 32.2. The zero-order chi connectivity index (χ0) is 9.41. The van der Waals surface area contributed by atoms with Gasteiger partial charge in [-0.25, -0.2) is 0 Å². The van der Waals surface area contributed by atoms with Crippen molar-refractivity contribution < 1.29 is 18.1 Å². The Morgan fingerprint density at radius 1 is 1.33 bits per heavy atom. The molecule has 1 rings (SSSR count). The lowest BCUT2D eigenvalue weighted by Crippen LogP contribution is -2.41. The van der Waals surface area contributed by atoms with E-state index in [-0.39, 0.29) is 5.92 Å². The third-order valence-corrected chi connectivity index (χ3v) is 4.01. The Balaban J connectivity index is 2.84. The van der Waals surface area contributed by atoms with Gasteiger partial charge in [-0.15, -0.1) is 0 Å². The zero-order valence-electron chi connectivity index (χ0n) is 7.02. The lowest BCUT2D eigenvalue weighted by molar-refractivity contribution is 0.0718. The highest BCUT2D eigenvalue weighted by Crippen LogP contribution is 2.36. The van der Waals surface area contributed by atoms with Crippen LogP contribution in [-0.2, 0) is 10.1 Å². The predicted octanol–water partition coefficient (Wildman–Crippen LogP) is 0.773. The van der Waals surface area contributed by atoms with Gasteiger partial charge >= 0.3 is 0 Å². The molecule has 1 fully saturated rings. The molecule has 0 heterocycles. The topological polar surface area (TPSA) is 74.6 Å². The molecule has 5 heteroatoms. The summed E-state index contributed by atoms with van der Waals surface area (Å²) in [5.41, 5.74) is 0. The summed E-state index contributed by atoms with van der Waals surface area (Å²) in [5, 5.41) is 9.51. The van der Waals surface area contributed by atoms with Gasteiger partial charge in [0, 0.05) is 5.92 Å². The molecule has 1 unspecified atom stereocenters. The van der Waals surface area contributed by atoms with Crippen LogP contribution in [0, 0.1) is 5.92 Å². The van der Waals surface area contributed by atoms with Gasteiger partial charge in [0.05, 0.1) is 0 Å². The van der Waals surface area contributed by atoms with Gasteiger partial charge in [-0.05, 0) is 19.8 Å². The molecule has 0 aromatic heterocycles. The average Bonchev–Trinajstić information content (AvgIpc) is 2.34. The fourth-order valence-electron chi connectivity index (χ4n) is 1.67. The van der Waals surface area contributed by atoms with E-state index in [0.29, 0.717) is 12.8 Å². The molecule has 1 aliphatic carbocycles. The second-order valence-corrected chi connectivity index (χ2v) is 5.29. The van der Waals surface area contributed by atoms with E-state index in [1.54, 1.807) is 0 Å². The van der Waals surface area contributed by atoms with Crippen molar-refractivity contribution in [2.45, 2.75) is 37.5 Å². The van der Waals surface area contributed by atoms with Crippen molar-refractivity contribution in [3.05, 3.63) is 0 Å². The maximum atomic E-state index is 10.7. The van der Waals surface area contributed by atoms with Crippen LogP contribution in [-0.4, -0.2) is 23.0 Å². The third-order valence-electron chi connectivity index (χ3n) is 2.63. The summed E-state index contributed by atoms with van der Waals surface area (Å²) in [6.45, 7) is 1.16. The van der Waals surface area contributed by atoms with E-state index in [2.05, 4.69) is 0 Å². The Labute approximate surface area is 72.3 Å². The van der Waals surface area contributed by atoms with Crippen molar-refractivity contribution in [1.29, 1.82) is 0 Å². The molecule has 12 heavy (non-hydrogen) atoms. The van der Waals surface area contributed by atoms with E-state index in [9.17, 15) is 13.5 Å². The third kappa shape index (κ3) is 1.62. The first-order valence-corrected chi connectivity index (χ1v) is 5.49. The smallest absolute Gasteiger partial charge is 0.294 e. The van der Waals surface area contributed by atoms with Crippen LogP contribution < -0.4 is 0 Å². The van der Waals surface area contributed by atoms with Crippen LogP contribution >= 0.6 is 0 Å². The minimum Gasteiger partial charge on any atom is -0.372 e. The van der Waals surface area contributed by atoms with Crippen LogP contribution in [0.3, 0.4) is 0 Å². The molecule has 0 aromatic carbocycles. The number of aliphatic hydroxyl groups is 1. The molecule has 0 aromatic rings. The molecule has 0 spiro atoms. The van der Waals surface area contributed by atoms with E-state index in [1.165, 1.54) is 6.92 Å². The van der Waals surface area contributed by atoms with Gasteiger partial charge in [-0.2, -0.15) is 8.42 Å². The van der Waals surface area contributed by atoms with Gasteiger partial charge < -0.3 is 5.11 Å². The summed E-state index contributed by atoms with van der Waals surface area (Å²) in [4.78, 5) is -1.95. The van der Waals surface area contributed by atoms with E-state index < -0.39 is 15.1 Å². The Kier molecular flexibility index (Phi) is 2.47. The van der Waals surface area contributed by atoms with Gasteiger partial charge in [0.1, 0.15) is 0 Å². The molecule has 1 atom stereocenters. The molecule has 1 saturated carbocycles. The lowest BCUT2D eigenvalue weighted by Gasteiger charge is -2.26. The lowest BCUT2D eigenvalue weighted by atomic mass is 10.0. The Morgan fingerprint density at radius 3 is 2.08 bits per heavy atom. The van der Waals surface area contributed by atoms with Crippen LogP contribution in [0.25, 0.3) is 0 Å². The molecule has 0 bridgehead atoms. The molecule has 0 aliphatic heterocycles. The summed E-state index contributed by atoms with van der Waals surface area (Å²) >= 11 is 0. The van der Waals surface area contributed by atoms with Crippen molar-refractivity contribution in [3.8, 4) is 0 Å². The first-order valence-electron chi connectivity index (χ1n) is 4.05. The molecule has 2 N–H and O–H groups in total. The second kappa shape index (κ2) is 2.97.